The molecule has 94 valence electrons. The summed E-state index contributed by atoms with van der Waals surface area (Å²) < 4.78 is 13.6. The Bertz CT molecular complexity index is 386. The van der Waals surface area contributed by atoms with Crippen LogP contribution >= 0.6 is 11.6 Å². The van der Waals surface area contributed by atoms with Gasteiger partial charge in [0.15, 0.2) is 0 Å². The van der Waals surface area contributed by atoms with Crippen molar-refractivity contribution in [3.63, 3.8) is 0 Å². The van der Waals surface area contributed by atoms with Crippen molar-refractivity contribution in [3.05, 3.63) is 34.1 Å². The number of hydrogen-bond acceptors (Lipinski definition) is 1. The van der Waals surface area contributed by atoms with E-state index in [9.17, 15) is 4.39 Å². The van der Waals surface area contributed by atoms with Gasteiger partial charge in [-0.1, -0.05) is 31.0 Å². The highest BCUT2D eigenvalue weighted by Gasteiger charge is 2.15. The lowest BCUT2D eigenvalue weighted by molar-refractivity contribution is 0.399. The predicted octanol–water partition coefficient (Wildman–Crippen LogP) is 3.73. The molecule has 1 nitrogen and oxygen atoms in total. The molecule has 0 radical (unpaired) electrons. The zero-order valence-corrected chi connectivity index (χ0v) is 11.0. The summed E-state index contributed by atoms with van der Waals surface area (Å²) in [5, 5.41) is 3.76. The van der Waals surface area contributed by atoms with Crippen LogP contribution in [0, 0.1) is 5.82 Å². The van der Waals surface area contributed by atoms with Gasteiger partial charge in [0.25, 0.3) is 0 Å². The summed E-state index contributed by atoms with van der Waals surface area (Å²) in [6.45, 7) is 3.05. The molecule has 1 unspecified atom stereocenters. The quantitative estimate of drug-likeness (QED) is 0.868. The fraction of sp³-hybridized carbons (Fsp3) is 0.571. The monoisotopic (exact) mass is 255 g/mol. The standard InChI is InChI=1S/C14H19ClFN/c1-2-11-7-10(9-13(15)14(11)16)8-12-5-3-4-6-17-12/h7,9,12,17H,2-6,8H2,1H3. The highest BCUT2D eigenvalue weighted by molar-refractivity contribution is 6.30. The number of nitrogens with one attached hydrogen (secondary N) is 1. The van der Waals surface area contributed by atoms with Crippen LogP contribution in [-0.2, 0) is 12.8 Å². The van der Waals surface area contributed by atoms with Gasteiger partial charge in [0.2, 0.25) is 0 Å². The van der Waals surface area contributed by atoms with Crippen molar-refractivity contribution in [3.8, 4) is 0 Å². The van der Waals surface area contributed by atoms with Crippen LogP contribution in [0.4, 0.5) is 4.39 Å². The molecule has 1 atom stereocenters. The number of rotatable bonds is 3. The Morgan fingerprint density at radius 3 is 2.88 bits per heavy atom. The number of aryl methyl sites for hydroxylation is 1. The first kappa shape index (κ1) is 12.8. The Morgan fingerprint density at radius 1 is 1.41 bits per heavy atom. The van der Waals surface area contributed by atoms with Crippen molar-refractivity contribution >= 4 is 11.6 Å². The highest BCUT2D eigenvalue weighted by Crippen LogP contribution is 2.23. The first-order valence-corrected chi connectivity index (χ1v) is 6.78. The molecule has 0 aromatic heterocycles. The van der Waals surface area contributed by atoms with Crippen LogP contribution in [-0.4, -0.2) is 12.6 Å². The second-order valence-corrected chi connectivity index (χ2v) is 5.16. The van der Waals surface area contributed by atoms with Crippen molar-refractivity contribution in [2.24, 2.45) is 0 Å². The average molecular weight is 256 g/mol. The normalized spacial score (nSPS) is 20.5. The van der Waals surface area contributed by atoms with E-state index >= 15 is 0 Å². The van der Waals surface area contributed by atoms with Gasteiger partial charge in [0.1, 0.15) is 5.82 Å². The summed E-state index contributed by atoms with van der Waals surface area (Å²) in [7, 11) is 0. The lowest BCUT2D eigenvalue weighted by Crippen LogP contribution is -2.35. The molecule has 17 heavy (non-hydrogen) atoms. The number of hydrogen-bond donors (Lipinski definition) is 1. The van der Waals surface area contributed by atoms with Gasteiger partial charge in [-0.2, -0.15) is 0 Å². The topological polar surface area (TPSA) is 12.0 Å². The molecule has 0 spiro atoms. The van der Waals surface area contributed by atoms with Crippen molar-refractivity contribution < 1.29 is 4.39 Å². The van der Waals surface area contributed by atoms with Gasteiger partial charge < -0.3 is 5.32 Å². The minimum Gasteiger partial charge on any atom is -0.314 e. The zero-order valence-electron chi connectivity index (χ0n) is 10.2. The van der Waals surface area contributed by atoms with Crippen LogP contribution in [0.1, 0.15) is 37.3 Å². The molecule has 3 heteroatoms. The van der Waals surface area contributed by atoms with Gasteiger partial charge in [-0.05, 0) is 49.4 Å². The summed E-state index contributed by atoms with van der Waals surface area (Å²) >= 11 is 5.92. The van der Waals surface area contributed by atoms with Crippen LogP contribution < -0.4 is 5.32 Å². The van der Waals surface area contributed by atoms with E-state index in [0.717, 1.165) is 24.1 Å². The third kappa shape index (κ3) is 3.20. The Labute approximate surface area is 107 Å². The molecular formula is C14H19ClFN. The van der Waals surface area contributed by atoms with E-state index in [2.05, 4.69) is 5.32 Å². The fourth-order valence-corrected chi connectivity index (χ4v) is 2.73. The lowest BCUT2D eigenvalue weighted by atomic mass is 9.96. The molecule has 1 fully saturated rings. The third-order valence-corrected chi connectivity index (χ3v) is 3.71. The van der Waals surface area contributed by atoms with Crippen molar-refractivity contribution in [1.82, 2.24) is 5.32 Å². The van der Waals surface area contributed by atoms with Crippen LogP contribution in [0.3, 0.4) is 0 Å². The van der Waals surface area contributed by atoms with E-state index in [4.69, 9.17) is 11.6 Å². The first-order valence-electron chi connectivity index (χ1n) is 6.41. The van der Waals surface area contributed by atoms with E-state index in [-0.39, 0.29) is 10.8 Å². The van der Waals surface area contributed by atoms with E-state index in [1.165, 1.54) is 19.3 Å². The Morgan fingerprint density at radius 2 is 2.24 bits per heavy atom. The van der Waals surface area contributed by atoms with Crippen molar-refractivity contribution in [2.75, 3.05) is 6.54 Å². The largest absolute Gasteiger partial charge is 0.314 e. The first-order chi connectivity index (χ1) is 8.20. The predicted molar refractivity (Wildman–Crippen MR) is 70.1 cm³/mol. The summed E-state index contributed by atoms with van der Waals surface area (Å²) in [6, 6.07) is 4.25. The number of benzene rings is 1. The summed E-state index contributed by atoms with van der Waals surface area (Å²) in [6.07, 6.45) is 5.40. The van der Waals surface area contributed by atoms with Crippen molar-refractivity contribution in [2.45, 2.75) is 45.1 Å². The van der Waals surface area contributed by atoms with Crippen LogP contribution in [0.5, 0.6) is 0 Å². The second kappa shape index (κ2) is 5.83. The van der Waals surface area contributed by atoms with Gasteiger partial charge in [-0.15, -0.1) is 0 Å². The van der Waals surface area contributed by atoms with E-state index < -0.39 is 0 Å². The van der Waals surface area contributed by atoms with Crippen molar-refractivity contribution in [1.29, 1.82) is 0 Å². The molecule has 0 saturated carbocycles. The van der Waals surface area contributed by atoms with E-state index in [1.54, 1.807) is 6.07 Å². The molecule has 1 aliphatic heterocycles. The maximum atomic E-state index is 13.6. The second-order valence-electron chi connectivity index (χ2n) is 4.76. The molecule has 1 N–H and O–H groups in total. The summed E-state index contributed by atoms with van der Waals surface area (Å²) in [4.78, 5) is 0. The minimum atomic E-state index is -0.255. The fourth-order valence-electron chi connectivity index (χ4n) is 2.47. The summed E-state index contributed by atoms with van der Waals surface area (Å²) in [5.41, 5.74) is 1.87. The SMILES string of the molecule is CCc1cc(CC2CCCCN2)cc(Cl)c1F. The molecule has 1 heterocycles. The van der Waals surface area contributed by atoms with Crippen LogP contribution in [0.2, 0.25) is 5.02 Å². The highest BCUT2D eigenvalue weighted by atomic mass is 35.5. The maximum Gasteiger partial charge on any atom is 0.144 e. The van der Waals surface area contributed by atoms with E-state index in [0.29, 0.717) is 12.5 Å². The molecule has 0 aliphatic carbocycles. The molecule has 0 amide bonds. The van der Waals surface area contributed by atoms with Gasteiger partial charge in [-0.3, -0.25) is 0 Å². The van der Waals surface area contributed by atoms with Gasteiger partial charge in [-0.25, -0.2) is 4.39 Å². The smallest absolute Gasteiger partial charge is 0.144 e. The van der Waals surface area contributed by atoms with Crippen LogP contribution in [0.25, 0.3) is 0 Å². The average Bonchev–Trinajstić information content (AvgIpc) is 2.35. The van der Waals surface area contributed by atoms with E-state index in [1.807, 2.05) is 13.0 Å². The van der Waals surface area contributed by atoms with Gasteiger partial charge >= 0.3 is 0 Å². The molecule has 1 aliphatic rings. The molecule has 1 aromatic rings. The minimum absolute atomic E-state index is 0.255. The molecule has 1 saturated heterocycles. The Kier molecular flexibility index (Phi) is 4.41. The third-order valence-electron chi connectivity index (χ3n) is 3.44. The zero-order chi connectivity index (χ0) is 12.3. The number of piperidine rings is 1. The molecule has 2 rings (SSSR count). The molecule has 0 bridgehead atoms. The summed E-state index contributed by atoms with van der Waals surface area (Å²) in [5.74, 6) is -0.255. The lowest BCUT2D eigenvalue weighted by Gasteiger charge is -2.23. The van der Waals surface area contributed by atoms with Crippen LogP contribution in [0.15, 0.2) is 12.1 Å². The Balaban J connectivity index is 2.12. The van der Waals surface area contributed by atoms with Gasteiger partial charge in [0.05, 0.1) is 5.02 Å². The Hall–Kier alpha value is -0.600. The molecule has 1 aromatic carbocycles. The van der Waals surface area contributed by atoms with Gasteiger partial charge in [0, 0.05) is 6.04 Å². The maximum absolute atomic E-state index is 13.6. The molecular weight excluding hydrogens is 237 g/mol. The number of halogens is 2.